The van der Waals surface area contributed by atoms with Crippen molar-refractivity contribution in [1.29, 1.82) is 0 Å². The van der Waals surface area contributed by atoms with Crippen LogP contribution in [0.25, 0.3) is 11.4 Å². The minimum absolute atomic E-state index is 0.586. The van der Waals surface area contributed by atoms with Crippen LogP contribution in [0.1, 0.15) is 5.56 Å². The number of rotatable bonds is 4. The molecule has 3 rings (SSSR count). The summed E-state index contributed by atoms with van der Waals surface area (Å²) in [5, 5.41) is 0. The van der Waals surface area contributed by atoms with Crippen LogP contribution in [-0.4, -0.2) is 9.97 Å². The Balaban J connectivity index is 1.68. The van der Waals surface area contributed by atoms with E-state index < -0.39 is 0 Å². The highest BCUT2D eigenvalue weighted by Gasteiger charge is 2.03. The van der Waals surface area contributed by atoms with Crippen molar-refractivity contribution in [1.82, 2.24) is 9.97 Å². The van der Waals surface area contributed by atoms with Crippen molar-refractivity contribution in [2.75, 3.05) is 0 Å². The van der Waals surface area contributed by atoms with Gasteiger partial charge in [-0.1, -0.05) is 30.3 Å². The first kappa shape index (κ1) is 10.7. The second-order valence-corrected chi connectivity index (χ2v) is 4.11. The maximum absolute atomic E-state index is 5.73. The molecular formula is C15H14N2O. The van der Waals surface area contributed by atoms with Crippen LogP contribution in [0.2, 0.25) is 0 Å². The normalized spacial score (nSPS) is 10.4. The van der Waals surface area contributed by atoms with Gasteiger partial charge in [0, 0.05) is 18.5 Å². The van der Waals surface area contributed by atoms with Gasteiger partial charge in [0.15, 0.2) is 0 Å². The molecule has 3 aromatic rings. The second kappa shape index (κ2) is 4.84. The van der Waals surface area contributed by atoms with E-state index in [-0.39, 0.29) is 0 Å². The van der Waals surface area contributed by atoms with Gasteiger partial charge in [0.25, 0.3) is 0 Å². The van der Waals surface area contributed by atoms with Gasteiger partial charge >= 0.3 is 0 Å². The van der Waals surface area contributed by atoms with Crippen LogP contribution in [0.15, 0.2) is 60.9 Å². The Bertz CT molecular complexity index is 596. The molecule has 0 bridgehead atoms. The number of hydrogen-bond donors (Lipinski definition) is 2. The third-order valence-corrected chi connectivity index (χ3v) is 2.79. The summed E-state index contributed by atoms with van der Waals surface area (Å²) in [6, 6.07) is 16.1. The van der Waals surface area contributed by atoms with E-state index in [9.17, 15) is 0 Å². The average molecular weight is 238 g/mol. The largest absolute Gasteiger partial charge is 0.487 e. The molecule has 0 fully saturated rings. The summed E-state index contributed by atoms with van der Waals surface area (Å²) in [5.74, 6) is 0.850. The number of nitrogens with one attached hydrogen (secondary N) is 2. The Labute approximate surface area is 105 Å². The zero-order chi connectivity index (χ0) is 12.2. The SMILES string of the molecule is c1ccc(COc2c[nH]c(-c3ccc[nH]3)c2)cc1. The van der Waals surface area contributed by atoms with Crippen molar-refractivity contribution in [3.63, 3.8) is 0 Å². The van der Waals surface area contributed by atoms with Gasteiger partial charge in [-0.15, -0.1) is 0 Å². The Hall–Kier alpha value is -2.42. The Morgan fingerprint density at radius 3 is 2.56 bits per heavy atom. The fraction of sp³-hybridized carbons (Fsp3) is 0.0667. The van der Waals surface area contributed by atoms with E-state index in [0.29, 0.717) is 6.61 Å². The molecule has 2 heterocycles. The molecule has 0 radical (unpaired) electrons. The van der Waals surface area contributed by atoms with Gasteiger partial charge in [0.2, 0.25) is 0 Å². The summed E-state index contributed by atoms with van der Waals surface area (Å²) < 4.78 is 5.73. The summed E-state index contributed by atoms with van der Waals surface area (Å²) >= 11 is 0. The fourth-order valence-corrected chi connectivity index (χ4v) is 1.85. The van der Waals surface area contributed by atoms with Gasteiger partial charge in [-0.2, -0.15) is 0 Å². The summed E-state index contributed by atoms with van der Waals surface area (Å²) in [5.41, 5.74) is 3.26. The van der Waals surface area contributed by atoms with Crippen LogP contribution in [0.5, 0.6) is 5.75 Å². The lowest BCUT2D eigenvalue weighted by atomic mass is 10.2. The lowest BCUT2D eigenvalue weighted by molar-refractivity contribution is 0.306. The lowest BCUT2D eigenvalue weighted by Gasteiger charge is -2.02. The van der Waals surface area contributed by atoms with Gasteiger partial charge in [-0.25, -0.2) is 0 Å². The van der Waals surface area contributed by atoms with Crippen molar-refractivity contribution in [2.24, 2.45) is 0 Å². The van der Waals surface area contributed by atoms with E-state index in [0.717, 1.165) is 17.1 Å². The first-order valence-electron chi connectivity index (χ1n) is 5.91. The van der Waals surface area contributed by atoms with Crippen molar-refractivity contribution in [3.05, 3.63) is 66.5 Å². The van der Waals surface area contributed by atoms with Gasteiger partial charge in [-0.05, 0) is 17.7 Å². The molecule has 3 heteroatoms. The third kappa shape index (κ3) is 2.30. The summed E-state index contributed by atoms with van der Waals surface area (Å²) in [6.45, 7) is 0.586. The molecule has 1 aromatic carbocycles. The highest BCUT2D eigenvalue weighted by Crippen LogP contribution is 2.22. The minimum atomic E-state index is 0.586. The van der Waals surface area contributed by atoms with Gasteiger partial charge in [-0.3, -0.25) is 0 Å². The zero-order valence-corrected chi connectivity index (χ0v) is 9.89. The first-order chi connectivity index (χ1) is 8.92. The van der Waals surface area contributed by atoms with E-state index >= 15 is 0 Å². The van der Waals surface area contributed by atoms with Gasteiger partial charge in [0.1, 0.15) is 12.4 Å². The first-order valence-corrected chi connectivity index (χ1v) is 5.91. The molecule has 2 N–H and O–H groups in total. The highest BCUT2D eigenvalue weighted by atomic mass is 16.5. The van der Waals surface area contributed by atoms with E-state index in [1.165, 1.54) is 5.56 Å². The van der Waals surface area contributed by atoms with Crippen LogP contribution >= 0.6 is 0 Å². The van der Waals surface area contributed by atoms with Crippen molar-refractivity contribution in [3.8, 4) is 17.1 Å². The summed E-state index contributed by atoms with van der Waals surface area (Å²) in [7, 11) is 0. The monoisotopic (exact) mass is 238 g/mol. The van der Waals surface area contributed by atoms with Crippen LogP contribution < -0.4 is 4.74 Å². The van der Waals surface area contributed by atoms with Crippen molar-refractivity contribution < 1.29 is 4.74 Å². The van der Waals surface area contributed by atoms with E-state index in [1.54, 1.807) is 0 Å². The fourth-order valence-electron chi connectivity index (χ4n) is 1.85. The van der Waals surface area contributed by atoms with Crippen molar-refractivity contribution in [2.45, 2.75) is 6.61 Å². The molecule has 0 saturated carbocycles. The van der Waals surface area contributed by atoms with Crippen molar-refractivity contribution >= 4 is 0 Å². The van der Waals surface area contributed by atoms with E-state index in [4.69, 9.17) is 4.74 Å². The maximum Gasteiger partial charge on any atom is 0.137 e. The Morgan fingerprint density at radius 2 is 1.78 bits per heavy atom. The summed E-state index contributed by atoms with van der Waals surface area (Å²) in [4.78, 5) is 6.34. The molecule has 18 heavy (non-hydrogen) atoms. The predicted octanol–water partition coefficient (Wildman–Crippen LogP) is 3.59. The Kier molecular flexibility index (Phi) is 2.88. The molecule has 3 nitrogen and oxygen atoms in total. The Morgan fingerprint density at radius 1 is 0.889 bits per heavy atom. The van der Waals surface area contributed by atoms with Crippen LogP contribution in [-0.2, 0) is 6.61 Å². The predicted molar refractivity (Wildman–Crippen MR) is 71.4 cm³/mol. The molecule has 0 atom stereocenters. The van der Waals surface area contributed by atoms with Crippen LogP contribution in [0.3, 0.4) is 0 Å². The van der Waals surface area contributed by atoms with Gasteiger partial charge in [0.05, 0.1) is 11.4 Å². The number of aromatic amines is 2. The molecule has 0 aliphatic heterocycles. The van der Waals surface area contributed by atoms with E-state index in [2.05, 4.69) is 22.1 Å². The van der Waals surface area contributed by atoms with Crippen LogP contribution in [0, 0.1) is 0 Å². The molecule has 0 saturated heterocycles. The smallest absolute Gasteiger partial charge is 0.137 e. The molecule has 90 valence electrons. The number of aromatic nitrogens is 2. The number of hydrogen-bond acceptors (Lipinski definition) is 1. The second-order valence-electron chi connectivity index (χ2n) is 4.11. The minimum Gasteiger partial charge on any atom is -0.487 e. The number of benzene rings is 1. The zero-order valence-electron chi connectivity index (χ0n) is 9.89. The molecule has 0 unspecified atom stereocenters. The topological polar surface area (TPSA) is 40.8 Å². The van der Waals surface area contributed by atoms with E-state index in [1.807, 2.05) is 48.8 Å². The standard InChI is InChI=1S/C15H14N2O/c1-2-5-12(6-3-1)11-18-13-9-15(17-10-13)14-7-4-8-16-14/h1-10,16-17H,11H2. The molecule has 0 aliphatic carbocycles. The molecule has 0 spiro atoms. The number of H-pyrrole nitrogens is 2. The lowest BCUT2D eigenvalue weighted by Crippen LogP contribution is -1.93. The van der Waals surface area contributed by atoms with Gasteiger partial charge < -0.3 is 14.7 Å². The van der Waals surface area contributed by atoms with Crippen LogP contribution in [0.4, 0.5) is 0 Å². The highest BCUT2D eigenvalue weighted by molar-refractivity contribution is 5.57. The quantitative estimate of drug-likeness (QED) is 0.716. The average Bonchev–Trinajstić information content (AvgIpc) is 3.08. The molecule has 0 aliphatic rings. The third-order valence-electron chi connectivity index (χ3n) is 2.79. The summed E-state index contributed by atoms with van der Waals surface area (Å²) in [6.07, 6.45) is 3.78. The molecule has 0 amide bonds. The maximum atomic E-state index is 5.73. The number of ether oxygens (including phenoxy) is 1. The molecule has 2 aromatic heterocycles. The molecular weight excluding hydrogens is 224 g/mol.